The molecule has 0 radical (unpaired) electrons. The highest BCUT2D eigenvalue weighted by atomic mass is 35.5. The van der Waals surface area contributed by atoms with Crippen molar-refractivity contribution in [2.24, 2.45) is 5.11 Å². The number of benzene rings is 2. The molecule has 0 saturated carbocycles. The average molecular weight is 361 g/mol. The van der Waals surface area contributed by atoms with Crippen LogP contribution >= 0.6 is 23.4 Å². The SMILES string of the molecule is CN(C)C(=O)Sc1ccc(-c2ccc([C@@H](CCl)N=[N+]=[N-])cc2)cc1. The van der Waals surface area contributed by atoms with Crippen LogP contribution in [-0.2, 0) is 0 Å². The minimum Gasteiger partial charge on any atom is -0.339 e. The number of rotatable bonds is 5. The van der Waals surface area contributed by atoms with Crippen molar-refractivity contribution in [1.29, 1.82) is 0 Å². The first kappa shape index (κ1) is 18.2. The molecule has 0 unspecified atom stereocenters. The monoisotopic (exact) mass is 360 g/mol. The predicted octanol–water partition coefficient (Wildman–Crippen LogP) is 5.72. The zero-order valence-electron chi connectivity index (χ0n) is 13.4. The van der Waals surface area contributed by atoms with Crippen molar-refractivity contribution < 1.29 is 4.79 Å². The lowest BCUT2D eigenvalue weighted by Gasteiger charge is -2.10. The lowest BCUT2D eigenvalue weighted by Crippen LogP contribution is -2.15. The largest absolute Gasteiger partial charge is 0.339 e. The van der Waals surface area contributed by atoms with E-state index in [-0.39, 0.29) is 17.2 Å². The first-order chi connectivity index (χ1) is 11.5. The minimum atomic E-state index is -0.360. The molecule has 2 aromatic rings. The van der Waals surface area contributed by atoms with Gasteiger partial charge in [0.2, 0.25) is 0 Å². The Balaban J connectivity index is 2.14. The number of hydrogen-bond acceptors (Lipinski definition) is 3. The third kappa shape index (κ3) is 4.68. The number of hydrogen-bond donors (Lipinski definition) is 0. The van der Waals surface area contributed by atoms with E-state index in [0.29, 0.717) is 0 Å². The van der Waals surface area contributed by atoms with Crippen LogP contribution in [0.5, 0.6) is 0 Å². The first-order valence-corrected chi connectivity index (χ1v) is 8.60. The molecule has 0 aliphatic rings. The van der Waals surface area contributed by atoms with E-state index in [9.17, 15) is 4.79 Å². The van der Waals surface area contributed by atoms with Crippen LogP contribution < -0.4 is 0 Å². The second kappa shape index (κ2) is 8.64. The summed E-state index contributed by atoms with van der Waals surface area (Å²) in [4.78, 5) is 17.0. The Morgan fingerprint density at radius 1 is 1.17 bits per heavy atom. The van der Waals surface area contributed by atoms with Gasteiger partial charge >= 0.3 is 0 Å². The van der Waals surface area contributed by atoms with Crippen molar-refractivity contribution in [1.82, 2.24) is 4.90 Å². The van der Waals surface area contributed by atoms with Crippen molar-refractivity contribution in [2.45, 2.75) is 10.9 Å². The summed E-state index contributed by atoms with van der Waals surface area (Å²) in [6.07, 6.45) is 0. The second-order valence-corrected chi connectivity index (χ2v) is 6.62. The van der Waals surface area contributed by atoms with Crippen LogP contribution in [0.3, 0.4) is 0 Å². The Morgan fingerprint density at radius 2 is 1.71 bits per heavy atom. The normalized spacial score (nSPS) is 11.5. The number of thioether (sulfide) groups is 1. The van der Waals surface area contributed by atoms with E-state index in [1.165, 1.54) is 11.8 Å². The molecular formula is C17H17ClN4OS. The predicted molar refractivity (Wildman–Crippen MR) is 99.4 cm³/mol. The maximum Gasteiger partial charge on any atom is 0.285 e. The van der Waals surface area contributed by atoms with Gasteiger partial charge in [0.1, 0.15) is 0 Å². The summed E-state index contributed by atoms with van der Waals surface area (Å²) in [5.41, 5.74) is 11.5. The van der Waals surface area contributed by atoms with Crippen molar-refractivity contribution >= 4 is 28.6 Å². The first-order valence-electron chi connectivity index (χ1n) is 7.25. The van der Waals surface area contributed by atoms with Gasteiger partial charge in [-0.2, -0.15) is 0 Å². The highest BCUT2D eigenvalue weighted by molar-refractivity contribution is 8.13. The standard InChI is InChI=1S/C17H17ClN4OS/c1-22(2)17(23)24-15-9-7-13(8-10-15)12-3-5-14(6-4-12)16(11-18)20-21-19/h3-10,16H,11H2,1-2H3/t16-/m1/s1. The lowest BCUT2D eigenvalue weighted by atomic mass is 10.0. The molecule has 2 rings (SSSR count). The third-order valence-electron chi connectivity index (χ3n) is 3.39. The summed E-state index contributed by atoms with van der Waals surface area (Å²) in [6, 6.07) is 15.2. The fourth-order valence-corrected chi connectivity index (χ4v) is 2.95. The van der Waals surface area contributed by atoms with Crippen LogP contribution in [-0.4, -0.2) is 30.1 Å². The van der Waals surface area contributed by atoms with Crippen LogP contribution in [0.4, 0.5) is 4.79 Å². The number of carbonyl (C=O) groups excluding carboxylic acids is 1. The second-order valence-electron chi connectivity index (χ2n) is 5.28. The molecule has 5 nitrogen and oxygen atoms in total. The molecule has 1 amide bonds. The molecule has 0 aliphatic carbocycles. The average Bonchev–Trinajstić information content (AvgIpc) is 2.60. The van der Waals surface area contributed by atoms with Gasteiger partial charge in [0, 0.05) is 29.8 Å². The smallest absolute Gasteiger partial charge is 0.285 e. The molecule has 0 fully saturated rings. The van der Waals surface area contributed by atoms with Crippen LogP contribution in [0.15, 0.2) is 58.5 Å². The quantitative estimate of drug-likeness (QED) is 0.225. The van der Waals surface area contributed by atoms with Crippen molar-refractivity contribution in [3.05, 3.63) is 64.5 Å². The molecule has 0 bridgehead atoms. The Morgan fingerprint density at radius 3 is 2.17 bits per heavy atom. The number of carbonyl (C=O) groups is 1. The maximum absolute atomic E-state index is 11.7. The van der Waals surface area contributed by atoms with Crippen molar-refractivity contribution in [2.75, 3.05) is 20.0 Å². The number of halogens is 1. The molecule has 0 aliphatic heterocycles. The molecule has 0 saturated heterocycles. The zero-order chi connectivity index (χ0) is 17.5. The minimum absolute atomic E-state index is 0.00253. The van der Waals surface area contributed by atoms with E-state index < -0.39 is 0 Å². The molecule has 0 N–H and O–H groups in total. The fraction of sp³-hybridized carbons (Fsp3) is 0.235. The Bertz CT molecular complexity index is 740. The van der Waals surface area contributed by atoms with Crippen LogP contribution in [0.25, 0.3) is 21.6 Å². The Hall–Kier alpha value is -2.14. The van der Waals surface area contributed by atoms with Gasteiger partial charge in [0.15, 0.2) is 0 Å². The maximum atomic E-state index is 11.7. The fourth-order valence-electron chi connectivity index (χ4n) is 2.05. The molecule has 2 aromatic carbocycles. The van der Waals surface area contributed by atoms with Crippen LogP contribution in [0, 0.1) is 0 Å². The van der Waals surface area contributed by atoms with Gasteiger partial charge in [-0.15, -0.1) is 11.6 Å². The molecular weight excluding hydrogens is 344 g/mol. The van der Waals surface area contributed by atoms with Gasteiger partial charge in [-0.05, 0) is 46.1 Å². The summed E-state index contributed by atoms with van der Waals surface area (Å²) in [5.74, 6) is 0.245. The van der Waals surface area contributed by atoms with Crippen molar-refractivity contribution in [3.8, 4) is 11.1 Å². The van der Waals surface area contributed by atoms with Crippen molar-refractivity contribution in [3.63, 3.8) is 0 Å². The summed E-state index contributed by atoms with van der Waals surface area (Å²) >= 11 is 7.02. The Kier molecular flexibility index (Phi) is 6.55. The van der Waals surface area contributed by atoms with E-state index in [1.54, 1.807) is 19.0 Å². The van der Waals surface area contributed by atoms with Gasteiger partial charge in [-0.25, -0.2) is 0 Å². The summed E-state index contributed by atoms with van der Waals surface area (Å²) in [6.45, 7) is 0. The van der Waals surface area contributed by atoms with Gasteiger partial charge in [-0.3, -0.25) is 4.79 Å². The number of alkyl halides is 1. The van der Waals surface area contributed by atoms with E-state index in [2.05, 4.69) is 10.0 Å². The highest BCUT2D eigenvalue weighted by Crippen LogP contribution is 2.27. The number of nitrogens with zero attached hydrogens (tertiary/aromatic N) is 4. The van der Waals surface area contributed by atoms with Gasteiger partial charge in [-0.1, -0.05) is 41.5 Å². The summed E-state index contributed by atoms with van der Waals surface area (Å²) in [7, 11) is 3.46. The topological polar surface area (TPSA) is 69.1 Å². The number of azide groups is 1. The molecule has 0 aromatic heterocycles. The van der Waals surface area contributed by atoms with Gasteiger partial charge in [0.05, 0.1) is 6.04 Å². The van der Waals surface area contributed by atoms with E-state index in [1.807, 2.05) is 48.5 Å². The highest BCUT2D eigenvalue weighted by Gasteiger charge is 2.09. The van der Waals surface area contributed by atoms with E-state index in [0.717, 1.165) is 21.6 Å². The Labute approximate surface area is 150 Å². The third-order valence-corrected chi connectivity index (χ3v) is 4.73. The molecule has 7 heteroatoms. The van der Waals surface area contributed by atoms with E-state index >= 15 is 0 Å². The van der Waals surface area contributed by atoms with Crippen LogP contribution in [0.2, 0.25) is 0 Å². The molecule has 0 heterocycles. The number of amides is 1. The molecule has 1 atom stereocenters. The summed E-state index contributed by atoms with van der Waals surface area (Å²) < 4.78 is 0. The molecule has 124 valence electrons. The molecule has 0 spiro atoms. The van der Waals surface area contributed by atoms with Crippen LogP contribution in [0.1, 0.15) is 11.6 Å². The molecule has 24 heavy (non-hydrogen) atoms. The zero-order valence-corrected chi connectivity index (χ0v) is 15.0. The van der Waals surface area contributed by atoms with Gasteiger partial charge in [0.25, 0.3) is 5.24 Å². The van der Waals surface area contributed by atoms with E-state index in [4.69, 9.17) is 17.1 Å². The van der Waals surface area contributed by atoms with Gasteiger partial charge < -0.3 is 4.90 Å². The lowest BCUT2D eigenvalue weighted by molar-refractivity contribution is 0.241. The summed E-state index contributed by atoms with van der Waals surface area (Å²) in [5, 5.41) is 3.68.